The Balaban J connectivity index is 2.76. The van der Waals surface area contributed by atoms with Crippen LogP contribution in [0.4, 0.5) is 0 Å². The van der Waals surface area contributed by atoms with Gasteiger partial charge in [-0.1, -0.05) is 25.5 Å². The fourth-order valence-corrected chi connectivity index (χ4v) is 1.94. The number of hydrogen-bond acceptors (Lipinski definition) is 3. The Morgan fingerprint density at radius 3 is 2.83 bits per heavy atom. The van der Waals surface area contributed by atoms with Gasteiger partial charge in [-0.3, -0.25) is 9.69 Å². The number of carboxylic acid groups (broad SMARTS) is 1. The third-order valence-corrected chi connectivity index (χ3v) is 2.87. The highest BCUT2D eigenvalue weighted by Gasteiger charge is 2.21. The lowest BCUT2D eigenvalue weighted by Crippen LogP contribution is -2.37. The van der Waals surface area contributed by atoms with E-state index in [1.165, 1.54) is 0 Å². The predicted octanol–water partition coefficient (Wildman–Crippen LogP) is 2.24. The summed E-state index contributed by atoms with van der Waals surface area (Å²) in [5, 5.41) is 18.0. The van der Waals surface area contributed by atoms with Crippen LogP contribution < -0.4 is 0 Å². The fourth-order valence-electron chi connectivity index (χ4n) is 1.94. The van der Waals surface area contributed by atoms with E-state index in [-0.39, 0.29) is 0 Å². The van der Waals surface area contributed by atoms with Crippen molar-refractivity contribution >= 4 is 5.97 Å². The summed E-state index contributed by atoms with van der Waals surface area (Å²) in [7, 11) is 1.80. The van der Waals surface area contributed by atoms with Gasteiger partial charge in [0.1, 0.15) is 6.04 Å². The number of nitriles is 1. The highest BCUT2D eigenvalue weighted by molar-refractivity contribution is 5.73. The Bertz CT molecular complexity index is 451. The van der Waals surface area contributed by atoms with E-state index in [1.807, 2.05) is 24.0 Å². The first kappa shape index (κ1) is 14.2. The molecule has 1 N–H and O–H groups in total. The van der Waals surface area contributed by atoms with Crippen LogP contribution in [-0.4, -0.2) is 29.1 Å². The molecule has 18 heavy (non-hydrogen) atoms. The Hall–Kier alpha value is -1.86. The smallest absolute Gasteiger partial charge is 0.320 e. The van der Waals surface area contributed by atoms with Gasteiger partial charge in [0.2, 0.25) is 0 Å². The van der Waals surface area contributed by atoms with Crippen molar-refractivity contribution in [3.8, 4) is 6.07 Å². The van der Waals surface area contributed by atoms with E-state index >= 15 is 0 Å². The molecular weight excluding hydrogens is 228 g/mol. The normalized spacial score (nSPS) is 12.1. The number of carboxylic acids is 1. The highest BCUT2D eigenvalue weighted by Crippen LogP contribution is 2.12. The van der Waals surface area contributed by atoms with E-state index in [0.717, 1.165) is 12.0 Å². The van der Waals surface area contributed by atoms with Crippen LogP contribution >= 0.6 is 0 Å². The molecular formula is C14H18N2O2. The summed E-state index contributed by atoms with van der Waals surface area (Å²) in [6, 6.07) is 8.87. The minimum Gasteiger partial charge on any atom is -0.480 e. The van der Waals surface area contributed by atoms with Gasteiger partial charge in [0.15, 0.2) is 0 Å². The van der Waals surface area contributed by atoms with Crippen molar-refractivity contribution in [2.45, 2.75) is 32.4 Å². The van der Waals surface area contributed by atoms with Crippen molar-refractivity contribution in [3.05, 3.63) is 35.4 Å². The molecule has 0 spiro atoms. The van der Waals surface area contributed by atoms with Crippen LogP contribution in [0.25, 0.3) is 0 Å². The van der Waals surface area contributed by atoms with E-state index in [0.29, 0.717) is 18.5 Å². The molecule has 0 aromatic heterocycles. The molecule has 0 radical (unpaired) electrons. The fraction of sp³-hybridized carbons (Fsp3) is 0.429. The minimum atomic E-state index is -0.796. The minimum absolute atomic E-state index is 0.472. The van der Waals surface area contributed by atoms with Crippen molar-refractivity contribution in [1.29, 1.82) is 5.26 Å². The molecule has 4 nitrogen and oxygen atoms in total. The van der Waals surface area contributed by atoms with Crippen molar-refractivity contribution in [2.75, 3.05) is 7.05 Å². The van der Waals surface area contributed by atoms with Crippen LogP contribution in [0.5, 0.6) is 0 Å². The molecule has 0 amide bonds. The number of carbonyl (C=O) groups is 1. The van der Waals surface area contributed by atoms with E-state index in [1.54, 1.807) is 19.2 Å². The van der Waals surface area contributed by atoms with Gasteiger partial charge in [-0.25, -0.2) is 0 Å². The van der Waals surface area contributed by atoms with Crippen LogP contribution in [0.2, 0.25) is 0 Å². The molecule has 1 rings (SSSR count). The third kappa shape index (κ3) is 3.86. The maximum Gasteiger partial charge on any atom is 0.320 e. The van der Waals surface area contributed by atoms with Crippen LogP contribution in [0, 0.1) is 11.3 Å². The first-order valence-corrected chi connectivity index (χ1v) is 6.00. The largest absolute Gasteiger partial charge is 0.480 e. The number of aliphatic carboxylic acids is 1. The van der Waals surface area contributed by atoms with Gasteiger partial charge >= 0.3 is 5.97 Å². The summed E-state index contributed by atoms with van der Waals surface area (Å²) in [6.45, 7) is 2.51. The molecule has 0 heterocycles. The average molecular weight is 246 g/mol. The lowest BCUT2D eigenvalue weighted by molar-refractivity contribution is -0.143. The molecule has 1 aromatic rings. The van der Waals surface area contributed by atoms with E-state index in [9.17, 15) is 4.79 Å². The second kappa shape index (κ2) is 6.77. The van der Waals surface area contributed by atoms with E-state index < -0.39 is 12.0 Å². The highest BCUT2D eigenvalue weighted by atomic mass is 16.4. The quantitative estimate of drug-likeness (QED) is 0.836. The molecule has 0 bridgehead atoms. The third-order valence-electron chi connectivity index (χ3n) is 2.87. The van der Waals surface area contributed by atoms with Crippen LogP contribution in [0.3, 0.4) is 0 Å². The number of likely N-dealkylation sites (N-methyl/N-ethyl adjacent to an activating group) is 1. The average Bonchev–Trinajstić information content (AvgIpc) is 2.35. The van der Waals surface area contributed by atoms with Crippen molar-refractivity contribution < 1.29 is 9.90 Å². The zero-order chi connectivity index (χ0) is 13.5. The van der Waals surface area contributed by atoms with Crippen LogP contribution in [0.15, 0.2) is 24.3 Å². The molecule has 0 aliphatic heterocycles. The first-order chi connectivity index (χ1) is 8.58. The van der Waals surface area contributed by atoms with Gasteiger partial charge in [-0.15, -0.1) is 0 Å². The van der Waals surface area contributed by atoms with Gasteiger partial charge < -0.3 is 5.11 Å². The standard InChI is InChI=1S/C14H18N2O2/c1-3-5-13(14(17)18)16(2)10-12-7-4-6-11(8-12)9-15/h4,6-8,13H,3,5,10H2,1-2H3,(H,17,18). The van der Waals surface area contributed by atoms with Gasteiger partial charge in [0.05, 0.1) is 11.6 Å². The topological polar surface area (TPSA) is 64.3 Å². The van der Waals surface area contributed by atoms with Crippen LogP contribution in [0.1, 0.15) is 30.9 Å². The summed E-state index contributed by atoms with van der Waals surface area (Å²) in [5.74, 6) is -0.796. The summed E-state index contributed by atoms with van der Waals surface area (Å²) < 4.78 is 0. The van der Waals surface area contributed by atoms with Gasteiger partial charge in [0.25, 0.3) is 0 Å². The number of nitrogens with zero attached hydrogens (tertiary/aromatic N) is 2. The van der Waals surface area contributed by atoms with E-state index in [4.69, 9.17) is 10.4 Å². The van der Waals surface area contributed by atoms with Crippen molar-refractivity contribution in [1.82, 2.24) is 4.90 Å². The number of hydrogen-bond donors (Lipinski definition) is 1. The number of benzene rings is 1. The molecule has 1 atom stereocenters. The Morgan fingerprint density at radius 1 is 1.56 bits per heavy atom. The maximum atomic E-state index is 11.2. The summed E-state index contributed by atoms with van der Waals surface area (Å²) in [4.78, 5) is 13.0. The number of rotatable bonds is 6. The van der Waals surface area contributed by atoms with Crippen molar-refractivity contribution in [2.24, 2.45) is 0 Å². The molecule has 0 saturated carbocycles. The first-order valence-electron chi connectivity index (χ1n) is 6.00. The van der Waals surface area contributed by atoms with Gasteiger partial charge in [-0.05, 0) is 31.2 Å². The zero-order valence-corrected chi connectivity index (χ0v) is 10.8. The van der Waals surface area contributed by atoms with Gasteiger partial charge in [-0.2, -0.15) is 5.26 Å². The Morgan fingerprint density at radius 2 is 2.28 bits per heavy atom. The van der Waals surface area contributed by atoms with Crippen LogP contribution in [-0.2, 0) is 11.3 Å². The lowest BCUT2D eigenvalue weighted by atomic mass is 10.1. The molecule has 96 valence electrons. The second-order valence-corrected chi connectivity index (χ2v) is 4.37. The monoisotopic (exact) mass is 246 g/mol. The van der Waals surface area contributed by atoms with Crippen molar-refractivity contribution in [3.63, 3.8) is 0 Å². The summed E-state index contributed by atoms with van der Waals surface area (Å²) in [5.41, 5.74) is 1.56. The molecule has 1 unspecified atom stereocenters. The maximum absolute atomic E-state index is 11.2. The SMILES string of the molecule is CCCC(C(=O)O)N(C)Cc1cccc(C#N)c1. The molecule has 0 aliphatic rings. The Kier molecular flexibility index (Phi) is 5.34. The molecule has 0 aliphatic carbocycles. The van der Waals surface area contributed by atoms with E-state index in [2.05, 4.69) is 6.07 Å². The Labute approximate surface area is 107 Å². The summed E-state index contributed by atoms with van der Waals surface area (Å²) >= 11 is 0. The lowest BCUT2D eigenvalue weighted by Gasteiger charge is -2.24. The molecule has 0 saturated heterocycles. The van der Waals surface area contributed by atoms with Gasteiger partial charge in [0, 0.05) is 6.54 Å². The second-order valence-electron chi connectivity index (χ2n) is 4.37. The molecule has 0 fully saturated rings. The molecule has 4 heteroatoms. The summed E-state index contributed by atoms with van der Waals surface area (Å²) in [6.07, 6.45) is 1.46. The zero-order valence-electron chi connectivity index (χ0n) is 10.8. The molecule has 1 aromatic carbocycles. The predicted molar refractivity (Wildman–Crippen MR) is 69.0 cm³/mol.